The molecule has 0 radical (unpaired) electrons. The molecule has 0 aromatic rings. The minimum absolute atomic E-state index is 0.329. The molecule has 0 aliphatic heterocycles. The normalized spacial score (nSPS) is 13.5. The fourth-order valence-electron chi connectivity index (χ4n) is 0.830. The third-order valence-electron chi connectivity index (χ3n) is 1.47. The SMILES string of the molecule is O=C(O)CCC(CS(=O)(=O)O)C(=O)O. The molecule has 0 aliphatic rings. The van der Waals surface area contributed by atoms with E-state index in [-0.39, 0.29) is 6.42 Å². The second kappa shape index (κ2) is 4.91. The monoisotopic (exact) mass is 226 g/mol. The zero-order chi connectivity index (χ0) is 11.4. The van der Waals surface area contributed by atoms with Crippen LogP contribution in [0.1, 0.15) is 12.8 Å². The molecule has 3 N–H and O–H groups in total. The summed E-state index contributed by atoms with van der Waals surface area (Å²) in [6.07, 6.45) is -0.781. The molecule has 0 aromatic heterocycles. The Morgan fingerprint density at radius 2 is 1.71 bits per heavy atom. The lowest BCUT2D eigenvalue weighted by Crippen LogP contribution is -2.24. The first kappa shape index (κ1) is 12.8. The van der Waals surface area contributed by atoms with Crippen LogP contribution in [0, 0.1) is 5.92 Å². The molecule has 0 aromatic carbocycles. The first-order chi connectivity index (χ1) is 6.22. The van der Waals surface area contributed by atoms with Crippen LogP contribution in [-0.2, 0) is 19.7 Å². The predicted molar refractivity (Wildman–Crippen MR) is 44.4 cm³/mol. The Balaban J connectivity index is 4.32. The van der Waals surface area contributed by atoms with Crippen LogP contribution in [0.15, 0.2) is 0 Å². The topological polar surface area (TPSA) is 129 Å². The Morgan fingerprint density at radius 3 is 2.00 bits per heavy atom. The summed E-state index contributed by atoms with van der Waals surface area (Å²) in [5.41, 5.74) is 0. The van der Waals surface area contributed by atoms with Gasteiger partial charge in [0.1, 0.15) is 0 Å². The van der Waals surface area contributed by atoms with Crippen molar-refractivity contribution < 1.29 is 32.8 Å². The van der Waals surface area contributed by atoms with E-state index in [1.165, 1.54) is 0 Å². The van der Waals surface area contributed by atoms with Crippen LogP contribution >= 0.6 is 0 Å². The van der Waals surface area contributed by atoms with E-state index in [0.717, 1.165) is 0 Å². The molecule has 0 saturated heterocycles. The molecule has 0 spiro atoms. The maximum atomic E-state index is 10.4. The second-order valence-corrected chi connectivity index (χ2v) is 4.21. The van der Waals surface area contributed by atoms with Crippen molar-refractivity contribution in [2.75, 3.05) is 5.75 Å². The van der Waals surface area contributed by atoms with Crippen LogP contribution in [0.4, 0.5) is 0 Å². The summed E-state index contributed by atoms with van der Waals surface area (Å²) in [4.78, 5) is 20.5. The third kappa shape index (κ3) is 6.38. The van der Waals surface area contributed by atoms with Crippen LogP contribution in [0.2, 0.25) is 0 Å². The van der Waals surface area contributed by atoms with Crippen molar-refractivity contribution in [3.05, 3.63) is 0 Å². The van der Waals surface area contributed by atoms with Gasteiger partial charge in [-0.05, 0) is 6.42 Å². The van der Waals surface area contributed by atoms with Gasteiger partial charge in [-0.2, -0.15) is 8.42 Å². The molecule has 8 heteroatoms. The average Bonchev–Trinajstić information content (AvgIpc) is 1.94. The van der Waals surface area contributed by atoms with Crippen molar-refractivity contribution in [3.8, 4) is 0 Å². The number of hydrogen-bond donors (Lipinski definition) is 3. The Bertz CT molecular complexity index is 317. The molecule has 1 atom stereocenters. The third-order valence-corrected chi connectivity index (χ3v) is 2.29. The molecule has 0 rings (SSSR count). The Labute approximate surface area is 80.1 Å². The zero-order valence-electron chi connectivity index (χ0n) is 7.08. The zero-order valence-corrected chi connectivity index (χ0v) is 7.90. The summed E-state index contributed by atoms with van der Waals surface area (Å²) in [6, 6.07) is 0. The summed E-state index contributed by atoms with van der Waals surface area (Å²) in [7, 11) is -4.39. The van der Waals surface area contributed by atoms with Crippen molar-refractivity contribution in [2.24, 2.45) is 5.92 Å². The van der Waals surface area contributed by atoms with Gasteiger partial charge in [-0.3, -0.25) is 14.1 Å². The van der Waals surface area contributed by atoms with Crippen molar-refractivity contribution in [1.29, 1.82) is 0 Å². The van der Waals surface area contributed by atoms with Gasteiger partial charge in [0.25, 0.3) is 10.1 Å². The highest BCUT2D eigenvalue weighted by Gasteiger charge is 2.24. The van der Waals surface area contributed by atoms with Crippen molar-refractivity contribution in [2.45, 2.75) is 12.8 Å². The number of carboxylic acids is 2. The van der Waals surface area contributed by atoms with Crippen LogP contribution in [-0.4, -0.2) is 40.9 Å². The standard InChI is InChI=1S/C6H10O7S/c7-5(8)2-1-4(6(9)10)3-14(11,12)13/h4H,1-3H2,(H,7,8)(H,9,10)(H,11,12,13). The van der Waals surface area contributed by atoms with E-state index in [9.17, 15) is 18.0 Å². The quantitative estimate of drug-likeness (QED) is 0.517. The minimum Gasteiger partial charge on any atom is -0.481 e. The van der Waals surface area contributed by atoms with Gasteiger partial charge in [-0.1, -0.05) is 0 Å². The second-order valence-electron chi connectivity index (χ2n) is 2.72. The van der Waals surface area contributed by atoms with E-state index in [4.69, 9.17) is 14.8 Å². The number of rotatable bonds is 6. The molecule has 1 unspecified atom stereocenters. The number of carboxylic acid groups (broad SMARTS) is 2. The maximum absolute atomic E-state index is 10.4. The van der Waals surface area contributed by atoms with Gasteiger partial charge in [-0.25, -0.2) is 0 Å². The highest BCUT2D eigenvalue weighted by Crippen LogP contribution is 2.09. The van der Waals surface area contributed by atoms with E-state index in [1.54, 1.807) is 0 Å². The first-order valence-electron chi connectivity index (χ1n) is 3.62. The minimum atomic E-state index is -4.39. The summed E-state index contributed by atoms with van der Waals surface area (Å²) >= 11 is 0. The Kier molecular flexibility index (Phi) is 4.51. The molecule has 0 saturated carbocycles. The molecule has 82 valence electrons. The molecule has 14 heavy (non-hydrogen) atoms. The molecular weight excluding hydrogens is 216 g/mol. The summed E-state index contributed by atoms with van der Waals surface area (Å²) in [5.74, 6) is -5.01. The van der Waals surface area contributed by atoms with Gasteiger partial charge in [0.2, 0.25) is 0 Å². The van der Waals surface area contributed by atoms with Crippen LogP contribution in [0.5, 0.6) is 0 Å². The summed E-state index contributed by atoms with van der Waals surface area (Å²) in [6.45, 7) is 0. The molecule has 0 fully saturated rings. The maximum Gasteiger partial charge on any atom is 0.307 e. The van der Waals surface area contributed by atoms with Gasteiger partial charge >= 0.3 is 11.9 Å². The van der Waals surface area contributed by atoms with Crippen LogP contribution in [0.25, 0.3) is 0 Å². The Hall–Kier alpha value is -1.15. The van der Waals surface area contributed by atoms with Crippen molar-refractivity contribution in [3.63, 3.8) is 0 Å². The molecule has 7 nitrogen and oxygen atoms in total. The lowest BCUT2D eigenvalue weighted by molar-refractivity contribution is -0.142. The smallest absolute Gasteiger partial charge is 0.307 e. The molecule has 0 aliphatic carbocycles. The van der Waals surface area contributed by atoms with Gasteiger partial charge in [0, 0.05) is 6.42 Å². The van der Waals surface area contributed by atoms with E-state index >= 15 is 0 Å². The molecule has 0 amide bonds. The lowest BCUT2D eigenvalue weighted by atomic mass is 10.1. The number of aliphatic carboxylic acids is 2. The molecule has 0 bridgehead atoms. The van der Waals surface area contributed by atoms with Crippen molar-refractivity contribution in [1.82, 2.24) is 0 Å². The average molecular weight is 226 g/mol. The van der Waals surface area contributed by atoms with E-state index in [1.807, 2.05) is 0 Å². The fraction of sp³-hybridized carbons (Fsp3) is 0.667. The lowest BCUT2D eigenvalue weighted by Gasteiger charge is -2.07. The van der Waals surface area contributed by atoms with Crippen LogP contribution < -0.4 is 0 Å². The largest absolute Gasteiger partial charge is 0.481 e. The number of carbonyl (C=O) groups is 2. The van der Waals surface area contributed by atoms with Gasteiger partial charge < -0.3 is 10.2 Å². The summed E-state index contributed by atoms with van der Waals surface area (Å²) < 4.78 is 29.0. The van der Waals surface area contributed by atoms with Gasteiger partial charge in [0.15, 0.2) is 0 Å². The van der Waals surface area contributed by atoms with Gasteiger partial charge in [-0.15, -0.1) is 0 Å². The van der Waals surface area contributed by atoms with Crippen molar-refractivity contribution >= 4 is 22.1 Å². The highest BCUT2D eigenvalue weighted by atomic mass is 32.2. The van der Waals surface area contributed by atoms with Gasteiger partial charge in [0.05, 0.1) is 11.7 Å². The first-order valence-corrected chi connectivity index (χ1v) is 5.23. The summed E-state index contributed by atoms with van der Waals surface area (Å²) in [5, 5.41) is 16.7. The van der Waals surface area contributed by atoms with Crippen LogP contribution in [0.3, 0.4) is 0 Å². The Morgan fingerprint density at radius 1 is 1.21 bits per heavy atom. The molecule has 0 heterocycles. The highest BCUT2D eigenvalue weighted by molar-refractivity contribution is 7.85. The molecular formula is C6H10O7S. The number of hydrogen-bond acceptors (Lipinski definition) is 4. The fourth-order valence-corrected chi connectivity index (χ4v) is 1.65. The van der Waals surface area contributed by atoms with E-state index in [2.05, 4.69) is 0 Å². The van der Waals surface area contributed by atoms with E-state index in [0.29, 0.717) is 0 Å². The van der Waals surface area contributed by atoms with E-state index < -0.39 is 40.1 Å². The predicted octanol–water partition coefficient (Wildman–Crippen LogP) is -0.560.